The second-order valence-corrected chi connectivity index (χ2v) is 4.30. The number of halogens is 1. The number of aromatic amines is 1. The molecule has 2 heterocycles. The van der Waals surface area contributed by atoms with Crippen molar-refractivity contribution in [1.29, 1.82) is 0 Å². The zero-order chi connectivity index (χ0) is 13.8. The van der Waals surface area contributed by atoms with Gasteiger partial charge in [0.05, 0.1) is 17.3 Å². The van der Waals surface area contributed by atoms with Gasteiger partial charge < -0.3 is 5.32 Å². The van der Waals surface area contributed by atoms with Crippen LogP contribution >= 0.6 is 11.6 Å². The molecule has 2 aromatic rings. The van der Waals surface area contributed by atoms with Crippen molar-refractivity contribution in [3.63, 3.8) is 0 Å². The SMILES string of the molecule is CCNc1ccc(Cl)c(Cn2[nH]c(=O)ccc2=O)n1. The average Bonchev–Trinajstić information content (AvgIpc) is 2.38. The van der Waals surface area contributed by atoms with E-state index < -0.39 is 0 Å². The molecule has 0 fully saturated rings. The first-order valence-electron chi connectivity index (χ1n) is 5.79. The molecule has 0 amide bonds. The molecule has 0 spiro atoms. The Morgan fingerprint density at radius 2 is 2.11 bits per heavy atom. The molecule has 0 saturated heterocycles. The average molecular weight is 281 g/mol. The molecule has 0 aliphatic heterocycles. The summed E-state index contributed by atoms with van der Waals surface area (Å²) >= 11 is 6.04. The Morgan fingerprint density at radius 1 is 1.32 bits per heavy atom. The predicted molar refractivity (Wildman–Crippen MR) is 73.8 cm³/mol. The number of pyridine rings is 1. The highest BCUT2D eigenvalue weighted by atomic mass is 35.5. The van der Waals surface area contributed by atoms with Gasteiger partial charge in [0.25, 0.3) is 11.1 Å². The molecule has 0 aromatic carbocycles. The lowest BCUT2D eigenvalue weighted by atomic mass is 10.3. The third-order valence-electron chi connectivity index (χ3n) is 2.47. The highest BCUT2D eigenvalue weighted by molar-refractivity contribution is 6.31. The highest BCUT2D eigenvalue weighted by Crippen LogP contribution is 2.16. The van der Waals surface area contributed by atoms with Gasteiger partial charge in [-0.1, -0.05) is 11.6 Å². The molecule has 100 valence electrons. The lowest BCUT2D eigenvalue weighted by Gasteiger charge is -2.09. The van der Waals surface area contributed by atoms with E-state index in [-0.39, 0.29) is 17.7 Å². The number of H-pyrrole nitrogens is 1. The smallest absolute Gasteiger partial charge is 0.265 e. The molecule has 7 heteroatoms. The van der Waals surface area contributed by atoms with E-state index in [9.17, 15) is 9.59 Å². The van der Waals surface area contributed by atoms with Crippen LogP contribution in [0.15, 0.2) is 33.9 Å². The van der Waals surface area contributed by atoms with E-state index in [1.54, 1.807) is 12.1 Å². The van der Waals surface area contributed by atoms with Crippen LogP contribution in [-0.4, -0.2) is 21.3 Å². The summed E-state index contributed by atoms with van der Waals surface area (Å²) in [6, 6.07) is 5.85. The van der Waals surface area contributed by atoms with Crippen molar-refractivity contribution in [3.05, 3.63) is 55.7 Å². The highest BCUT2D eigenvalue weighted by Gasteiger charge is 2.06. The minimum atomic E-state index is -0.349. The van der Waals surface area contributed by atoms with Gasteiger partial charge in [-0.2, -0.15) is 0 Å². The Bertz CT molecular complexity index is 693. The fourth-order valence-electron chi connectivity index (χ4n) is 1.60. The van der Waals surface area contributed by atoms with Crippen LogP contribution in [0.3, 0.4) is 0 Å². The minimum Gasteiger partial charge on any atom is -0.370 e. The quantitative estimate of drug-likeness (QED) is 0.878. The fraction of sp³-hybridized carbons (Fsp3) is 0.250. The van der Waals surface area contributed by atoms with E-state index >= 15 is 0 Å². The maximum atomic E-state index is 11.6. The largest absolute Gasteiger partial charge is 0.370 e. The molecular weight excluding hydrogens is 268 g/mol. The molecule has 0 aliphatic carbocycles. The van der Waals surface area contributed by atoms with Crippen molar-refractivity contribution in [2.24, 2.45) is 0 Å². The zero-order valence-corrected chi connectivity index (χ0v) is 11.1. The van der Waals surface area contributed by atoms with Crippen LogP contribution in [0.1, 0.15) is 12.6 Å². The summed E-state index contributed by atoms with van der Waals surface area (Å²) in [6.07, 6.45) is 0. The summed E-state index contributed by atoms with van der Waals surface area (Å²) in [5.74, 6) is 0.674. The fourth-order valence-corrected chi connectivity index (χ4v) is 1.77. The van der Waals surface area contributed by atoms with E-state index in [4.69, 9.17) is 11.6 Å². The molecule has 6 nitrogen and oxygen atoms in total. The third-order valence-corrected chi connectivity index (χ3v) is 2.82. The molecule has 19 heavy (non-hydrogen) atoms. The molecule has 2 rings (SSSR count). The molecular formula is C12H13ClN4O2. The Morgan fingerprint density at radius 3 is 2.84 bits per heavy atom. The van der Waals surface area contributed by atoms with Gasteiger partial charge in [0.1, 0.15) is 5.82 Å². The minimum absolute atomic E-state index is 0.118. The summed E-state index contributed by atoms with van der Waals surface area (Å²) in [6.45, 7) is 2.80. The number of rotatable bonds is 4. The van der Waals surface area contributed by atoms with Crippen LogP contribution in [0.5, 0.6) is 0 Å². The summed E-state index contributed by atoms with van der Waals surface area (Å²) in [4.78, 5) is 27.1. The van der Waals surface area contributed by atoms with Gasteiger partial charge in [-0.15, -0.1) is 0 Å². The van der Waals surface area contributed by atoms with Gasteiger partial charge in [0, 0.05) is 18.7 Å². The monoisotopic (exact) mass is 280 g/mol. The summed E-state index contributed by atoms with van der Waals surface area (Å²) in [7, 11) is 0. The van der Waals surface area contributed by atoms with Crippen molar-refractivity contribution < 1.29 is 0 Å². The van der Waals surface area contributed by atoms with E-state index in [0.29, 0.717) is 16.5 Å². The number of hydrogen-bond acceptors (Lipinski definition) is 4. The third kappa shape index (κ3) is 3.23. The maximum Gasteiger partial charge on any atom is 0.265 e. The van der Waals surface area contributed by atoms with E-state index in [2.05, 4.69) is 15.4 Å². The Hall–Kier alpha value is -2.08. The lowest BCUT2D eigenvalue weighted by Crippen LogP contribution is -2.28. The molecule has 0 unspecified atom stereocenters. The standard InChI is InChI=1S/C12H13ClN4O2/c1-2-14-10-4-3-8(13)9(15-10)7-17-12(19)6-5-11(18)16-17/h3-6H,2,7H2,1H3,(H,14,15)(H,16,18). The topological polar surface area (TPSA) is 79.8 Å². The molecule has 2 N–H and O–H groups in total. The second-order valence-electron chi connectivity index (χ2n) is 3.89. The van der Waals surface area contributed by atoms with Gasteiger partial charge in [0.15, 0.2) is 0 Å². The first-order chi connectivity index (χ1) is 9.10. The molecule has 0 saturated carbocycles. The van der Waals surface area contributed by atoms with E-state index in [1.165, 1.54) is 16.8 Å². The lowest BCUT2D eigenvalue weighted by molar-refractivity contribution is 0.617. The van der Waals surface area contributed by atoms with Crippen molar-refractivity contribution in [2.75, 3.05) is 11.9 Å². The first-order valence-corrected chi connectivity index (χ1v) is 6.17. The van der Waals surface area contributed by atoms with Crippen LogP contribution in [0, 0.1) is 0 Å². The Labute approximate surface area is 114 Å². The molecule has 0 bridgehead atoms. The van der Waals surface area contributed by atoms with Crippen molar-refractivity contribution >= 4 is 17.4 Å². The predicted octanol–water partition coefficient (Wildman–Crippen LogP) is 1.07. The number of nitrogens with zero attached hydrogens (tertiary/aromatic N) is 2. The van der Waals surface area contributed by atoms with E-state index in [1.807, 2.05) is 6.92 Å². The normalized spacial score (nSPS) is 10.4. The number of aromatic nitrogens is 3. The van der Waals surface area contributed by atoms with Crippen LogP contribution in [0.2, 0.25) is 5.02 Å². The van der Waals surface area contributed by atoms with Crippen LogP contribution < -0.4 is 16.4 Å². The second kappa shape index (κ2) is 5.71. The van der Waals surface area contributed by atoms with Crippen LogP contribution in [0.25, 0.3) is 0 Å². The van der Waals surface area contributed by atoms with Crippen molar-refractivity contribution in [3.8, 4) is 0 Å². The Balaban J connectivity index is 2.37. The summed E-state index contributed by atoms with van der Waals surface area (Å²) in [5, 5.41) is 5.93. The van der Waals surface area contributed by atoms with Gasteiger partial charge in [-0.05, 0) is 19.1 Å². The first kappa shape index (κ1) is 13.4. The maximum absolute atomic E-state index is 11.6. The number of nitrogens with one attached hydrogen (secondary N) is 2. The van der Waals surface area contributed by atoms with Crippen LogP contribution in [0.4, 0.5) is 5.82 Å². The van der Waals surface area contributed by atoms with Crippen molar-refractivity contribution in [1.82, 2.24) is 14.8 Å². The van der Waals surface area contributed by atoms with Crippen LogP contribution in [-0.2, 0) is 6.54 Å². The number of hydrogen-bond donors (Lipinski definition) is 2. The van der Waals surface area contributed by atoms with Gasteiger partial charge in [-0.25, -0.2) is 9.67 Å². The van der Waals surface area contributed by atoms with Gasteiger partial charge >= 0.3 is 0 Å². The Kier molecular flexibility index (Phi) is 4.01. The van der Waals surface area contributed by atoms with E-state index in [0.717, 1.165) is 6.54 Å². The molecule has 2 aromatic heterocycles. The van der Waals surface area contributed by atoms with Crippen molar-refractivity contribution in [2.45, 2.75) is 13.5 Å². The van der Waals surface area contributed by atoms with Gasteiger partial charge in [-0.3, -0.25) is 14.7 Å². The molecule has 0 aliphatic rings. The van der Waals surface area contributed by atoms with Gasteiger partial charge in [0.2, 0.25) is 0 Å². The summed E-state index contributed by atoms with van der Waals surface area (Å²) < 4.78 is 1.17. The molecule has 0 radical (unpaired) electrons. The summed E-state index contributed by atoms with van der Waals surface area (Å²) in [5.41, 5.74) is -0.144. The number of anilines is 1. The zero-order valence-electron chi connectivity index (χ0n) is 10.3. The molecule has 0 atom stereocenters.